The molecule has 14 heavy (non-hydrogen) atoms. The summed E-state index contributed by atoms with van der Waals surface area (Å²) in [6, 6.07) is 1.51. The first-order valence-electron chi connectivity index (χ1n) is 3.79. The predicted molar refractivity (Wildman–Crippen MR) is 51.8 cm³/mol. The smallest absolute Gasteiger partial charge is 0.409 e. The van der Waals surface area contributed by atoms with Crippen molar-refractivity contribution in [3.05, 3.63) is 29.7 Å². The minimum absolute atomic E-state index is 0.370. The molecule has 72 valence electrons. The molecular formula is C8H6ClN3O2. The fourth-order valence-electron chi connectivity index (χ4n) is 1.21. The van der Waals surface area contributed by atoms with Gasteiger partial charge in [-0.3, -0.25) is 5.32 Å². The van der Waals surface area contributed by atoms with Crippen molar-refractivity contribution < 1.29 is 9.90 Å². The van der Waals surface area contributed by atoms with Crippen LogP contribution in [0.1, 0.15) is 0 Å². The molecule has 0 bridgehead atoms. The van der Waals surface area contributed by atoms with Crippen molar-refractivity contribution in [2.24, 2.45) is 0 Å². The van der Waals surface area contributed by atoms with Gasteiger partial charge < -0.3 is 9.51 Å². The Morgan fingerprint density at radius 3 is 3.14 bits per heavy atom. The molecule has 2 rings (SSSR count). The number of aromatic nitrogens is 2. The summed E-state index contributed by atoms with van der Waals surface area (Å²) in [5.74, 6) is 0. The van der Waals surface area contributed by atoms with Gasteiger partial charge in [-0.05, 0) is 6.07 Å². The summed E-state index contributed by atoms with van der Waals surface area (Å²) in [5.41, 5.74) is 0.895. The molecule has 0 fully saturated rings. The number of anilines is 1. The number of nitrogens with zero attached hydrogens (tertiary/aromatic N) is 2. The van der Waals surface area contributed by atoms with Crippen molar-refractivity contribution in [1.29, 1.82) is 0 Å². The third kappa shape index (κ3) is 1.49. The Bertz CT molecular complexity index is 494. The zero-order chi connectivity index (χ0) is 10.1. The lowest BCUT2D eigenvalue weighted by molar-refractivity contribution is 0.210. The van der Waals surface area contributed by atoms with Gasteiger partial charge in [0.1, 0.15) is 0 Å². The van der Waals surface area contributed by atoms with Crippen LogP contribution >= 0.6 is 11.6 Å². The number of fused-ring (bicyclic) bond motifs is 1. The fraction of sp³-hybridized carbons (Fsp3) is 0. The molecule has 5 nitrogen and oxygen atoms in total. The number of carbonyl (C=O) groups is 1. The predicted octanol–water partition coefficient (Wildman–Crippen LogP) is 2.08. The number of rotatable bonds is 1. The number of hydrogen-bond donors (Lipinski definition) is 2. The van der Waals surface area contributed by atoms with Crippen molar-refractivity contribution in [3.63, 3.8) is 0 Å². The summed E-state index contributed by atoms with van der Waals surface area (Å²) in [7, 11) is 0. The second kappa shape index (κ2) is 3.19. The molecule has 0 radical (unpaired) electrons. The third-order valence-corrected chi connectivity index (χ3v) is 1.90. The minimum atomic E-state index is -1.14. The quantitative estimate of drug-likeness (QED) is 0.759. The molecule has 0 unspecified atom stereocenters. The van der Waals surface area contributed by atoms with Gasteiger partial charge in [-0.15, -0.1) is 0 Å². The van der Waals surface area contributed by atoms with Crippen LogP contribution in [0.2, 0.25) is 5.02 Å². The van der Waals surface area contributed by atoms with Crippen molar-refractivity contribution in [2.75, 3.05) is 5.32 Å². The lowest BCUT2D eigenvalue weighted by Gasteiger charge is -2.03. The molecule has 0 aliphatic rings. The molecule has 0 aromatic carbocycles. The normalized spacial score (nSPS) is 10.4. The Labute approximate surface area is 83.9 Å². The zero-order valence-electron chi connectivity index (χ0n) is 6.94. The monoisotopic (exact) mass is 211 g/mol. The first-order valence-corrected chi connectivity index (χ1v) is 4.17. The van der Waals surface area contributed by atoms with Gasteiger partial charge in [0, 0.05) is 18.6 Å². The summed E-state index contributed by atoms with van der Waals surface area (Å²) in [4.78, 5) is 14.4. The standard InChI is InChI=1S/C8H6ClN3O2/c9-5-3-6(11-8(13)14)7-10-1-2-12(7)4-5/h1-4,11H,(H,13,14). The largest absolute Gasteiger partial charge is 0.465 e. The maximum atomic E-state index is 10.5. The number of carboxylic acid groups (broad SMARTS) is 1. The molecule has 0 saturated heterocycles. The number of nitrogens with one attached hydrogen (secondary N) is 1. The molecule has 0 aliphatic heterocycles. The Balaban J connectivity index is 2.60. The van der Waals surface area contributed by atoms with Crippen LogP contribution in [0.4, 0.5) is 10.5 Å². The van der Waals surface area contributed by atoms with Crippen LogP contribution < -0.4 is 5.32 Å². The van der Waals surface area contributed by atoms with E-state index in [0.717, 1.165) is 0 Å². The summed E-state index contributed by atoms with van der Waals surface area (Å²) in [6.07, 6.45) is 3.77. The van der Waals surface area contributed by atoms with E-state index in [9.17, 15) is 4.79 Å². The number of hydrogen-bond acceptors (Lipinski definition) is 2. The highest BCUT2D eigenvalue weighted by atomic mass is 35.5. The number of halogens is 1. The average molecular weight is 212 g/mol. The molecular weight excluding hydrogens is 206 g/mol. The van der Waals surface area contributed by atoms with Crippen molar-refractivity contribution in [2.45, 2.75) is 0 Å². The minimum Gasteiger partial charge on any atom is -0.465 e. The highest BCUT2D eigenvalue weighted by Gasteiger charge is 2.06. The van der Waals surface area contributed by atoms with Gasteiger partial charge in [-0.25, -0.2) is 9.78 Å². The Morgan fingerprint density at radius 2 is 2.43 bits per heavy atom. The molecule has 6 heteroatoms. The van der Waals surface area contributed by atoms with Crippen molar-refractivity contribution in [1.82, 2.24) is 9.38 Å². The van der Waals surface area contributed by atoms with Gasteiger partial charge in [-0.2, -0.15) is 0 Å². The second-order valence-electron chi connectivity index (χ2n) is 2.66. The van der Waals surface area contributed by atoms with Crippen LogP contribution in [-0.4, -0.2) is 20.6 Å². The fourth-order valence-corrected chi connectivity index (χ4v) is 1.42. The Hall–Kier alpha value is -1.75. The zero-order valence-corrected chi connectivity index (χ0v) is 7.69. The first-order chi connectivity index (χ1) is 6.66. The van der Waals surface area contributed by atoms with Gasteiger partial charge in [0.2, 0.25) is 0 Å². The highest BCUT2D eigenvalue weighted by molar-refractivity contribution is 6.31. The van der Waals surface area contributed by atoms with E-state index in [1.807, 2.05) is 0 Å². The van der Waals surface area contributed by atoms with Crippen LogP contribution in [0.5, 0.6) is 0 Å². The van der Waals surface area contributed by atoms with E-state index < -0.39 is 6.09 Å². The van der Waals surface area contributed by atoms with E-state index in [4.69, 9.17) is 16.7 Å². The second-order valence-corrected chi connectivity index (χ2v) is 3.10. The molecule has 2 N–H and O–H groups in total. The molecule has 2 aromatic rings. The summed E-state index contributed by atoms with van der Waals surface area (Å²) >= 11 is 5.78. The molecule has 0 atom stereocenters. The van der Waals surface area contributed by atoms with Crippen molar-refractivity contribution in [3.8, 4) is 0 Å². The Morgan fingerprint density at radius 1 is 1.64 bits per heavy atom. The van der Waals surface area contributed by atoms with Crippen LogP contribution in [0.15, 0.2) is 24.7 Å². The molecule has 1 amide bonds. The van der Waals surface area contributed by atoms with E-state index in [1.54, 1.807) is 23.0 Å². The van der Waals surface area contributed by atoms with E-state index in [2.05, 4.69) is 10.3 Å². The highest BCUT2D eigenvalue weighted by Crippen LogP contribution is 2.20. The van der Waals surface area contributed by atoms with E-state index in [0.29, 0.717) is 16.4 Å². The van der Waals surface area contributed by atoms with Crippen LogP contribution in [0.3, 0.4) is 0 Å². The summed E-state index contributed by atoms with van der Waals surface area (Å²) in [6.45, 7) is 0. The van der Waals surface area contributed by atoms with Gasteiger partial charge in [0.25, 0.3) is 0 Å². The molecule has 0 saturated carbocycles. The van der Waals surface area contributed by atoms with Crippen LogP contribution in [0, 0.1) is 0 Å². The summed E-state index contributed by atoms with van der Waals surface area (Å²) in [5, 5.41) is 11.2. The van der Waals surface area contributed by atoms with Gasteiger partial charge in [-0.1, -0.05) is 11.6 Å². The molecule has 0 spiro atoms. The summed E-state index contributed by atoms with van der Waals surface area (Å²) < 4.78 is 1.65. The first kappa shape index (κ1) is 8.83. The van der Waals surface area contributed by atoms with Gasteiger partial charge in [0.15, 0.2) is 5.65 Å². The third-order valence-electron chi connectivity index (χ3n) is 1.70. The average Bonchev–Trinajstić information content (AvgIpc) is 2.50. The number of pyridine rings is 1. The lowest BCUT2D eigenvalue weighted by atomic mass is 10.4. The molecule has 0 aliphatic carbocycles. The van der Waals surface area contributed by atoms with E-state index in [1.165, 1.54) is 6.07 Å². The number of imidazole rings is 1. The lowest BCUT2D eigenvalue weighted by Crippen LogP contribution is -2.08. The number of amides is 1. The maximum Gasteiger partial charge on any atom is 0.409 e. The van der Waals surface area contributed by atoms with Gasteiger partial charge in [0.05, 0.1) is 10.7 Å². The van der Waals surface area contributed by atoms with Crippen LogP contribution in [0.25, 0.3) is 5.65 Å². The molecule has 2 heterocycles. The van der Waals surface area contributed by atoms with Gasteiger partial charge >= 0.3 is 6.09 Å². The maximum absolute atomic E-state index is 10.5. The Kier molecular flexibility index (Phi) is 2.01. The SMILES string of the molecule is O=C(O)Nc1cc(Cl)cn2ccnc12. The van der Waals surface area contributed by atoms with Crippen molar-refractivity contribution >= 4 is 29.0 Å². The molecule has 2 aromatic heterocycles. The van der Waals surface area contributed by atoms with Crippen LogP contribution in [-0.2, 0) is 0 Å². The topological polar surface area (TPSA) is 66.6 Å². The van der Waals surface area contributed by atoms with E-state index >= 15 is 0 Å². The van der Waals surface area contributed by atoms with E-state index in [-0.39, 0.29) is 0 Å².